The van der Waals surface area contributed by atoms with E-state index < -0.39 is 10.0 Å². The van der Waals surface area contributed by atoms with Crippen LogP contribution < -0.4 is 10.0 Å². The standard InChI is InChI=1S/C22H26ClN3O3S/c1-2-26(18-10-11-18)16-15-24-22(27)14-9-17-7-12-19(13-8-17)30(28,29)25-21-6-4-3-5-20(21)23/h3-9,12-14,18,25H,2,10-11,15-16H2,1H3,(H,24,27)/b14-9+. The van der Waals surface area contributed by atoms with E-state index in [2.05, 4.69) is 21.9 Å². The van der Waals surface area contributed by atoms with Crippen LogP contribution in [0, 0.1) is 0 Å². The van der Waals surface area contributed by atoms with Gasteiger partial charge in [0, 0.05) is 25.2 Å². The molecule has 8 heteroatoms. The quantitative estimate of drug-likeness (QED) is 0.543. The third kappa shape index (κ3) is 6.32. The van der Waals surface area contributed by atoms with Crippen LogP contribution in [-0.4, -0.2) is 44.9 Å². The molecule has 2 aromatic carbocycles. The number of amides is 1. The van der Waals surface area contributed by atoms with Gasteiger partial charge in [0.1, 0.15) is 0 Å². The Bertz CT molecular complexity index is 1000. The maximum Gasteiger partial charge on any atom is 0.261 e. The van der Waals surface area contributed by atoms with Crippen LogP contribution in [0.2, 0.25) is 5.02 Å². The van der Waals surface area contributed by atoms with Crippen LogP contribution >= 0.6 is 11.6 Å². The summed E-state index contributed by atoms with van der Waals surface area (Å²) >= 11 is 6.02. The predicted molar refractivity (Wildman–Crippen MR) is 121 cm³/mol. The van der Waals surface area contributed by atoms with Crippen molar-refractivity contribution in [2.75, 3.05) is 24.4 Å². The van der Waals surface area contributed by atoms with Crippen molar-refractivity contribution < 1.29 is 13.2 Å². The van der Waals surface area contributed by atoms with Gasteiger partial charge in [0.2, 0.25) is 5.91 Å². The third-order valence-electron chi connectivity index (χ3n) is 4.90. The summed E-state index contributed by atoms with van der Waals surface area (Å²) < 4.78 is 27.5. The second-order valence-corrected chi connectivity index (χ2v) is 9.23. The summed E-state index contributed by atoms with van der Waals surface area (Å²) in [6.07, 6.45) is 5.62. The van der Waals surface area contributed by atoms with Crippen LogP contribution in [0.4, 0.5) is 5.69 Å². The lowest BCUT2D eigenvalue weighted by Crippen LogP contribution is -2.35. The summed E-state index contributed by atoms with van der Waals surface area (Å²) in [6.45, 7) is 4.59. The minimum atomic E-state index is -3.75. The lowest BCUT2D eigenvalue weighted by Gasteiger charge is -2.19. The molecule has 1 fully saturated rings. The molecule has 6 nitrogen and oxygen atoms in total. The molecule has 30 heavy (non-hydrogen) atoms. The highest BCUT2D eigenvalue weighted by Crippen LogP contribution is 2.26. The van der Waals surface area contributed by atoms with E-state index in [4.69, 9.17) is 11.6 Å². The van der Waals surface area contributed by atoms with Crippen molar-refractivity contribution in [1.82, 2.24) is 10.2 Å². The minimum Gasteiger partial charge on any atom is -0.351 e. The number of carbonyl (C=O) groups excluding carboxylic acids is 1. The summed E-state index contributed by atoms with van der Waals surface area (Å²) in [5.41, 5.74) is 1.05. The molecule has 0 spiro atoms. The first kappa shape index (κ1) is 22.3. The van der Waals surface area contributed by atoms with Crippen LogP contribution in [0.5, 0.6) is 0 Å². The number of halogens is 1. The number of sulfonamides is 1. The number of carbonyl (C=O) groups is 1. The lowest BCUT2D eigenvalue weighted by molar-refractivity contribution is -0.116. The van der Waals surface area contributed by atoms with Gasteiger partial charge in [-0.25, -0.2) is 8.42 Å². The molecule has 3 rings (SSSR count). The van der Waals surface area contributed by atoms with Gasteiger partial charge in [-0.15, -0.1) is 0 Å². The molecule has 0 saturated heterocycles. The molecule has 1 amide bonds. The Hall–Kier alpha value is -2.35. The monoisotopic (exact) mass is 447 g/mol. The topological polar surface area (TPSA) is 78.5 Å². The van der Waals surface area contributed by atoms with E-state index in [0.717, 1.165) is 18.7 Å². The fraction of sp³-hybridized carbons (Fsp3) is 0.318. The summed E-state index contributed by atoms with van der Waals surface area (Å²) in [4.78, 5) is 14.5. The number of likely N-dealkylation sites (N-methyl/N-ethyl adjacent to an activating group) is 1. The summed E-state index contributed by atoms with van der Waals surface area (Å²) in [7, 11) is -3.75. The molecule has 1 saturated carbocycles. The minimum absolute atomic E-state index is 0.115. The molecule has 0 heterocycles. The second-order valence-electron chi connectivity index (χ2n) is 7.14. The fourth-order valence-electron chi connectivity index (χ4n) is 3.10. The number of benzene rings is 2. The highest BCUT2D eigenvalue weighted by Gasteiger charge is 2.27. The van der Waals surface area contributed by atoms with E-state index >= 15 is 0 Å². The number of nitrogens with zero attached hydrogens (tertiary/aromatic N) is 1. The molecule has 2 aromatic rings. The highest BCUT2D eigenvalue weighted by molar-refractivity contribution is 7.92. The van der Waals surface area contributed by atoms with E-state index in [1.54, 1.807) is 42.5 Å². The summed E-state index contributed by atoms with van der Waals surface area (Å²) in [5.74, 6) is -0.168. The Labute approximate surface area is 183 Å². The first-order chi connectivity index (χ1) is 14.4. The summed E-state index contributed by atoms with van der Waals surface area (Å²) in [5, 5.41) is 3.21. The zero-order valence-corrected chi connectivity index (χ0v) is 18.4. The van der Waals surface area contributed by atoms with Crippen LogP contribution in [0.3, 0.4) is 0 Å². The molecule has 0 aliphatic heterocycles. The fourth-order valence-corrected chi connectivity index (χ4v) is 4.42. The number of para-hydroxylation sites is 1. The van der Waals surface area contributed by atoms with Gasteiger partial charge < -0.3 is 5.32 Å². The normalized spacial score (nSPS) is 14.2. The van der Waals surface area contributed by atoms with E-state index in [-0.39, 0.29) is 10.8 Å². The average Bonchev–Trinajstić information content (AvgIpc) is 3.57. The first-order valence-corrected chi connectivity index (χ1v) is 11.8. The Morgan fingerprint density at radius 1 is 1.17 bits per heavy atom. The molecule has 160 valence electrons. The maximum absolute atomic E-state index is 12.5. The number of nitrogens with one attached hydrogen (secondary N) is 2. The van der Waals surface area contributed by atoms with Crippen molar-refractivity contribution in [2.24, 2.45) is 0 Å². The summed E-state index contributed by atoms with van der Waals surface area (Å²) in [6, 6.07) is 13.6. The molecular weight excluding hydrogens is 422 g/mol. The Morgan fingerprint density at radius 2 is 1.87 bits per heavy atom. The van der Waals surface area contributed by atoms with Crippen molar-refractivity contribution in [3.63, 3.8) is 0 Å². The van der Waals surface area contributed by atoms with Gasteiger partial charge >= 0.3 is 0 Å². The third-order valence-corrected chi connectivity index (χ3v) is 6.61. The molecule has 0 aromatic heterocycles. The maximum atomic E-state index is 12.5. The molecule has 0 radical (unpaired) electrons. The Balaban J connectivity index is 1.53. The van der Waals surface area contributed by atoms with Crippen molar-refractivity contribution in [3.8, 4) is 0 Å². The van der Waals surface area contributed by atoms with Crippen molar-refractivity contribution in [1.29, 1.82) is 0 Å². The number of hydrogen-bond acceptors (Lipinski definition) is 4. The number of anilines is 1. The molecular formula is C22H26ClN3O3S. The van der Waals surface area contributed by atoms with Crippen LogP contribution in [0.15, 0.2) is 59.5 Å². The van der Waals surface area contributed by atoms with Gasteiger partial charge in [-0.3, -0.25) is 14.4 Å². The van der Waals surface area contributed by atoms with Gasteiger partial charge in [-0.1, -0.05) is 42.8 Å². The second kappa shape index (κ2) is 10.1. The van der Waals surface area contributed by atoms with E-state index in [1.807, 2.05) is 0 Å². The highest BCUT2D eigenvalue weighted by atomic mass is 35.5. The lowest BCUT2D eigenvalue weighted by atomic mass is 10.2. The number of rotatable bonds is 10. The van der Waals surface area contributed by atoms with Crippen molar-refractivity contribution in [2.45, 2.75) is 30.7 Å². The van der Waals surface area contributed by atoms with Crippen LogP contribution in [0.1, 0.15) is 25.3 Å². The van der Waals surface area contributed by atoms with Crippen molar-refractivity contribution >= 4 is 39.3 Å². The van der Waals surface area contributed by atoms with E-state index in [1.165, 1.54) is 31.1 Å². The zero-order chi connectivity index (χ0) is 21.6. The Kier molecular flexibility index (Phi) is 7.53. The smallest absolute Gasteiger partial charge is 0.261 e. The van der Waals surface area contributed by atoms with E-state index in [9.17, 15) is 13.2 Å². The van der Waals surface area contributed by atoms with Crippen LogP contribution in [0.25, 0.3) is 6.08 Å². The Morgan fingerprint density at radius 3 is 2.50 bits per heavy atom. The number of hydrogen-bond donors (Lipinski definition) is 2. The zero-order valence-electron chi connectivity index (χ0n) is 16.8. The molecule has 0 bridgehead atoms. The average molecular weight is 448 g/mol. The molecule has 2 N–H and O–H groups in total. The molecule has 1 aliphatic carbocycles. The predicted octanol–water partition coefficient (Wildman–Crippen LogP) is 3.75. The largest absolute Gasteiger partial charge is 0.351 e. The van der Waals surface area contributed by atoms with Gasteiger partial charge in [-0.2, -0.15) is 0 Å². The molecule has 0 atom stereocenters. The first-order valence-electron chi connectivity index (χ1n) is 9.96. The van der Waals surface area contributed by atoms with Gasteiger partial charge in [0.15, 0.2) is 0 Å². The molecule has 1 aliphatic rings. The molecule has 0 unspecified atom stereocenters. The van der Waals surface area contributed by atoms with E-state index in [0.29, 0.717) is 23.3 Å². The SMILES string of the molecule is CCN(CCNC(=O)/C=C/c1ccc(S(=O)(=O)Nc2ccccc2Cl)cc1)C1CC1. The van der Waals surface area contributed by atoms with Crippen molar-refractivity contribution in [3.05, 3.63) is 65.2 Å². The van der Waals surface area contributed by atoms with Crippen LogP contribution in [-0.2, 0) is 14.8 Å². The van der Waals surface area contributed by atoms with Gasteiger partial charge in [0.25, 0.3) is 10.0 Å². The van der Waals surface area contributed by atoms with Gasteiger partial charge in [0.05, 0.1) is 15.6 Å². The van der Waals surface area contributed by atoms with Gasteiger partial charge in [-0.05, 0) is 55.3 Å².